The minimum Gasteiger partial charge on any atom is -0.314 e. The number of hydrogen-bond acceptors (Lipinski definition) is 2. The van der Waals surface area contributed by atoms with Crippen LogP contribution in [0.2, 0.25) is 0 Å². The molecule has 1 aliphatic rings. The van der Waals surface area contributed by atoms with Crippen LogP contribution in [0.15, 0.2) is 4.47 Å². The molecular weight excluding hydrogens is 314 g/mol. The van der Waals surface area contributed by atoms with Gasteiger partial charge >= 0.3 is 0 Å². The second kappa shape index (κ2) is 7.60. The van der Waals surface area contributed by atoms with Gasteiger partial charge in [-0.25, -0.2) is 0 Å². The summed E-state index contributed by atoms with van der Waals surface area (Å²) in [6.45, 7) is 8.62. The molecule has 1 saturated carbocycles. The van der Waals surface area contributed by atoms with Gasteiger partial charge in [-0.15, -0.1) is 0 Å². The van der Waals surface area contributed by atoms with Gasteiger partial charge in [0.15, 0.2) is 0 Å². The Balaban J connectivity index is 1.91. The molecule has 114 valence electrons. The van der Waals surface area contributed by atoms with Gasteiger partial charge in [-0.05, 0) is 73.8 Å². The fourth-order valence-electron chi connectivity index (χ4n) is 3.01. The van der Waals surface area contributed by atoms with Crippen molar-refractivity contribution in [3.8, 4) is 0 Å². The molecule has 4 heteroatoms. The summed E-state index contributed by atoms with van der Waals surface area (Å²) in [7, 11) is 0. The Kier molecular flexibility index (Phi) is 6.09. The van der Waals surface area contributed by atoms with E-state index in [2.05, 4.69) is 51.8 Å². The zero-order valence-electron chi connectivity index (χ0n) is 13.1. The quantitative estimate of drug-likeness (QED) is 0.737. The summed E-state index contributed by atoms with van der Waals surface area (Å²) in [5, 5.41) is 8.34. The van der Waals surface area contributed by atoms with Crippen molar-refractivity contribution in [1.29, 1.82) is 0 Å². The van der Waals surface area contributed by atoms with Crippen LogP contribution in [0.4, 0.5) is 0 Å². The van der Waals surface area contributed by atoms with Crippen molar-refractivity contribution in [1.82, 2.24) is 15.1 Å². The molecule has 0 aliphatic heterocycles. The smallest absolute Gasteiger partial charge is 0.0766 e. The number of rotatable bonds is 9. The Hall–Kier alpha value is -0.350. The number of aryl methyl sites for hydroxylation is 2. The van der Waals surface area contributed by atoms with Crippen LogP contribution in [0, 0.1) is 5.92 Å². The highest BCUT2D eigenvalue weighted by Crippen LogP contribution is 2.35. The maximum absolute atomic E-state index is 4.68. The third kappa shape index (κ3) is 3.85. The van der Waals surface area contributed by atoms with Crippen molar-refractivity contribution >= 4 is 15.9 Å². The Morgan fingerprint density at radius 3 is 2.65 bits per heavy atom. The topological polar surface area (TPSA) is 29.9 Å². The molecular formula is C16H28BrN3. The molecule has 1 N–H and O–H groups in total. The molecule has 20 heavy (non-hydrogen) atoms. The average Bonchev–Trinajstić information content (AvgIpc) is 3.24. The van der Waals surface area contributed by atoms with Crippen LogP contribution >= 0.6 is 15.9 Å². The molecule has 1 aliphatic carbocycles. The first-order chi connectivity index (χ1) is 9.71. The van der Waals surface area contributed by atoms with E-state index in [1.54, 1.807) is 0 Å². The van der Waals surface area contributed by atoms with Crippen molar-refractivity contribution in [3.63, 3.8) is 0 Å². The lowest BCUT2D eigenvalue weighted by atomic mass is 10.0. The molecule has 1 heterocycles. The monoisotopic (exact) mass is 341 g/mol. The normalized spacial score (nSPS) is 16.6. The van der Waals surface area contributed by atoms with Crippen LogP contribution in [0.5, 0.6) is 0 Å². The molecule has 0 radical (unpaired) electrons. The van der Waals surface area contributed by atoms with E-state index in [0.717, 1.165) is 37.9 Å². The second-order valence-corrected chi connectivity index (χ2v) is 6.56. The van der Waals surface area contributed by atoms with Gasteiger partial charge in [0.2, 0.25) is 0 Å². The van der Waals surface area contributed by atoms with Crippen molar-refractivity contribution in [2.45, 2.75) is 71.9 Å². The van der Waals surface area contributed by atoms with E-state index in [1.807, 2.05) is 0 Å². The van der Waals surface area contributed by atoms with Gasteiger partial charge in [-0.1, -0.05) is 13.8 Å². The highest BCUT2D eigenvalue weighted by molar-refractivity contribution is 9.10. The van der Waals surface area contributed by atoms with E-state index >= 15 is 0 Å². The van der Waals surface area contributed by atoms with E-state index in [9.17, 15) is 0 Å². The molecule has 0 amide bonds. The Morgan fingerprint density at radius 1 is 1.35 bits per heavy atom. The molecule has 3 nitrogen and oxygen atoms in total. The van der Waals surface area contributed by atoms with Crippen LogP contribution in [0.3, 0.4) is 0 Å². The molecule has 0 aromatic carbocycles. The Labute approximate surface area is 131 Å². The standard InChI is InChI=1S/C16H28BrN3/c1-4-13-16(17)15(20(6-3)19-13)9-7-8-14(18-5-2)12-10-11-12/h12,14,18H,4-11H2,1-3H3. The lowest BCUT2D eigenvalue weighted by molar-refractivity contribution is 0.431. The molecule has 1 unspecified atom stereocenters. The van der Waals surface area contributed by atoms with Crippen molar-refractivity contribution in [2.75, 3.05) is 6.54 Å². The summed E-state index contributed by atoms with van der Waals surface area (Å²) in [6.07, 6.45) is 7.53. The molecule has 1 fully saturated rings. The summed E-state index contributed by atoms with van der Waals surface area (Å²) < 4.78 is 3.41. The van der Waals surface area contributed by atoms with Crippen molar-refractivity contribution in [2.24, 2.45) is 5.92 Å². The number of hydrogen-bond donors (Lipinski definition) is 1. The highest BCUT2D eigenvalue weighted by Gasteiger charge is 2.30. The van der Waals surface area contributed by atoms with Crippen LogP contribution in [-0.2, 0) is 19.4 Å². The molecule has 0 saturated heterocycles. The summed E-state index contributed by atoms with van der Waals surface area (Å²) in [4.78, 5) is 0. The third-order valence-corrected chi connectivity index (χ3v) is 5.20. The van der Waals surface area contributed by atoms with Crippen molar-refractivity contribution < 1.29 is 0 Å². The van der Waals surface area contributed by atoms with Gasteiger partial charge in [-0.3, -0.25) is 4.68 Å². The summed E-state index contributed by atoms with van der Waals surface area (Å²) in [5.41, 5.74) is 2.59. The second-order valence-electron chi connectivity index (χ2n) is 5.77. The van der Waals surface area contributed by atoms with Crippen LogP contribution < -0.4 is 5.32 Å². The van der Waals surface area contributed by atoms with Crippen LogP contribution in [0.1, 0.15) is 57.8 Å². The van der Waals surface area contributed by atoms with E-state index in [0.29, 0.717) is 0 Å². The summed E-state index contributed by atoms with van der Waals surface area (Å²) >= 11 is 3.74. The number of nitrogens with zero attached hydrogens (tertiary/aromatic N) is 2. The van der Waals surface area contributed by atoms with E-state index in [1.165, 1.54) is 41.5 Å². The maximum atomic E-state index is 4.68. The largest absolute Gasteiger partial charge is 0.314 e. The highest BCUT2D eigenvalue weighted by atomic mass is 79.9. The number of nitrogens with one attached hydrogen (secondary N) is 1. The minimum absolute atomic E-state index is 0.738. The third-order valence-electron chi connectivity index (χ3n) is 4.28. The lowest BCUT2D eigenvalue weighted by Gasteiger charge is -2.17. The first-order valence-corrected chi connectivity index (χ1v) is 8.97. The van der Waals surface area contributed by atoms with Gasteiger partial charge in [0.25, 0.3) is 0 Å². The molecule has 1 atom stereocenters. The van der Waals surface area contributed by atoms with Gasteiger partial charge in [0.05, 0.1) is 15.9 Å². The first-order valence-electron chi connectivity index (χ1n) is 8.18. The summed E-state index contributed by atoms with van der Waals surface area (Å²) in [5.74, 6) is 0.945. The molecule has 2 rings (SSSR count). The van der Waals surface area contributed by atoms with Gasteiger partial charge in [0, 0.05) is 12.6 Å². The minimum atomic E-state index is 0.738. The maximum Gasteiger partial charge on any atom is 0.0766 e. The summed E-state index contributed by atoms with van der Waals surface area (Å²) in [6, 6.07) is 0.738. The predicted molar refractivity (Wildman–Crippen MR) is 88.1 cm³/mol. The van der Waals surface area contributed by atoms with Crippen LogP contribution in [0.25, 0.3) is 0 Å². The van der Waals surface area contributed by atoms with E-state index < -0.39 is 0 Å². The SMILES string of the molecule is CCNC(CCCc1c(Br)c(CC)nn1CC)C1CC1. The van der Waals surface area contributed by atoms with Gasteiger partial charge in [-0.2, -0.15) is 5.10 Å². The van der Waals surface area contributed by atoms with Gasteiger partial charge < -0.3 is 5.32 Å². The van der Waals surface area contributed by atoms with E-state index in [4.69, 9.17) is 0 Å². The van der Waals surface area contributed by atoms with Crippen molar-refractivity contribution in [3.05, 3.63) is 15.9 Å². The fraction of sp³-hybridized carbons (Fsp3) is 0.812. The Morgan fingerprint density at radius 2 is 2.10 bits per heavy atom. The molecule has 1 aromatic rings. The first kappa shape index (κ1) is 16.0. The Bertz CT molecular complexity index is 424. The predicted octanol–water partition coefficient (Wildman–Crippen LogP) is 3.94. The number of aromatic nitrogens is 2. The zero-order valence-corrected chi connectivity index (χ0v) is 14.7. The van der Waals surface area contributed by atoms with Gasteiger partial charge in [0.1, 0.15) is 0 Å². The zero-order chi connectivity index (χ0) is 14.5. The molecule has 0 spiro atoms. The fourth-order valence-corrected chi connectivity index (χ4v) is 3.77. The molecule has 1 aromatic heterocycles. The number of halogens is 1. The molecule has 0 bridgehead atoms. The average molecular weight is 342 g/mol. The van der Waals surface area contributed by atoms with E-state index in [-0.39, 0.29) is 0 Å². The lowest BCUT2D eigenvalue weighted by Crippen LogP contribution is -2.30. The van der Waals surface area contributed by atoms with Crippen LogP contribution in [-0.4, -0.2) is 22.4 Å².